The summed E-state index contributed by atoms with van der Waals surface area (Å²) in [5.41, 5.74) is 4.09. The minimum Gasteiger partial charge on any atom is -0.482 e. The van der Waals surface area contributed by atoms with E-state index < -0.39 is 0 Å². The van der Waals surface area contributed by atoms with Gasteiger partial charge in [-0.1, -0.05) is 23.7 Å². The maximum Gasteiger partial charge on any atom is 0.257 e. The number of fused-ring (bicyclic) bond motifs is 1. The molecule has 0 unspecified atom stereocenters. The summed E-state index contributed by atoms with van der Waals surface area (Å²) in [5, 5.41) is 3.34. The number of nitrogens with one attached hydrogen (secondary N) is 2. The first-order chi connectivity index (χ1) is 12.0. The van der Waals surface area contributed by atoms with Crippen molar-refractivity contribution in [2.24, 2.45) is 0 Å². The van der Waals surface area contributed by atoms with Crippen LogP contribution in [-0.2, 0) is 11.2 Å². The summed E-state index contributed by atoms with van der Waals surface area (Å²) >= 11 is 6.14. The number of imidazole rings is 1. The maximum absolute atomic E-state index is 11.9. The van der Waals surface area contributed by atoms with Crippen LogP contribution in [0.15, 0.2) is 36.4 Å². The first kappa shape index (κ1) is 17.3. The van der Waals surface area contributed by atoms with E-state index in [2.05, 4.69) is 15.3 Å². The molecule has 1 aromatic heterocycles. The number of H-pyrrole nitrogens is 1. The van der Waals surface area contributed by atoms with Gasteiger partial charge in [-0.25, -0.2) is 4.98 Å². The monoisotopic (exact) mass is 357 g/mol. The highest BCUT2D eigenvalue weighted by Gasteiger charge is 2.08. The third kappa shape index (κ3) is 4.31. The first-order valence-corrected chi connectivity index (χ1v) is 8.50. The number of para-hydroxylation sites is 2. The van der Waals surface area contributed by atoms with Crippen molar-refractivity contribution in [2.75, 3.05) is 13.2 Å². The van der Waals surface area contributed by atoms with E-state index in [1.54, 1.807) is 0 Å². The highest BCUT2D eigenvalue weighted by Crippen LogP contribution is 2.27. The van der Waals surface area contributed by atoms with Crippen molar-refractivity contribution in [3.05, 3.63) is 58.4 Å². The molecule has 0 atom stereocenters. The van der Waals surface area contributed by atoms with Crippen LogP contribution in [0.5, 0.6) is 5.75 Å². The third-order valence-electron chi connectivity index (χ3n) is 4.03. The Morgan fingerprint density at radius 1 is 1.24 bits per heavy atom. The molecular formula is C19H20ClN3O2. The SMILES string of the molecule is Cc1cc(Cl)c(OCC(=O)NCCc2nc3ccccc3[nH]2)cc1C. The number of aromatic nitrogens is 2. The topological polar surface area (TPSA) is 67.0 Å². The lowest BCUT2D eigenvalue weighted by molar-refractivity contribution is -0.123. The van der Waals surface area contributed by atoms with Gasteiger partial charge in [0.05, 0.1) is 16.1 Å². The number of carbonyl (C=O) groups is 1. The van der Waals surface area contributed by atoms with E-state index >= 15 is 0 Å². The molecule has 1 heterocycles. The van der Waals surface area contributed by atoms with E-state index in [4.69, 9.17) is 16.3 Å². The largest absolute Gasteiger partial charge is 0.482 e. The van der Waals surface area contributed by atoms with E-state index in [0.29, 0.717) is 23.7 Å². The molecule has 0 spiro atoms. The molecule has 130 valence electrons. The average Bonchev–Trinajstić information content (AvgIpc) is 2.99. The lowest BCUT2D eigenvalue weighted by atomic mass is 10.1. The third-order valence-corrected chi connectivity index (χ3v) is 4.32. The smallest absolute Gasteiger partial charge is 0.257 e. The predicted molar refractivity (Wildman–Crippen MR) is 99.2 cm³/mol. The fourth-order valence-corrected chi connectivity index (χ4v) is 2.78. The summed E-state index contributed by atoms with van der Waals surface area (Å²) in [6, 6.07) is 11.5. The highest BCUT2D eigenvalue weighted by molar-refractivity contribution is 6.32. The Balaban J connectivity index is 1.47. The van der Waals surface area contributed by atoms with E-state index in [1.807, 2.05) is 50.2 Å². The number of halogens is 1. The highest BCUT2D eigenvalue weighted by atomic mass is 35.5. The molecule has 0 aliphatic heterocycles. The van der Waals surface area contributed by atoms with Crippen LogP contribution < -0.4 is 10.1 Å². The van der Waals surface area contributed by atoms with Gasteiger partial charge in [0.2, 0.25) is 0 Å². The summed E-state index contributed by atoms with van der Waals surface area (Å²) in [7, 11) is 0. The average molecular weight is 358 g/mol. The Hall–Kier alpha value is -2.53. The lowest BCUT2D eigenvalue weighted by Gasteiger charge is -2.10. The summed E-state index contributed by atoms with van der Waals surface area (Å²) in [6.07, 6.45) is 0.630. The van der Waals surface area contributed by atoms with Crippen molar-refractivity contribution < 1.29 is 9.53 Å². The van der Waals surface area contributed by atoms with Gasteiger partial charge in [0.15, 0.2) is 6.61 Å². The zero-order chi connectivity index (χ0) is 17.8. The van der Waals surface area contributed by atoms with Crippen LogP contribution >= 0.6 is 11.6 Å². The fourth-order valence-electron chi connectivity index (χ4n) is 2.50. The van der Waals surface area contributed by atoms with Crippen molar-refractivity contribution >= 4 is 28.5 Å². The molecule has 0 fully saturated rings. The number of hydrogen-bond donors (Lipinski definition) is 2. The molecule has 0 saturated carbocycles. The van der Waals surface area contributed by atoms with Crippen LogP contribution in [0.3, 0.4) is 0 Å². The Morgan fingerprint density at radius 2 is 2.00 bits per heavy atom. The number of nitrogens with zero attached hydrogens (tertiary/aromatic N) is 1. The number of rotatable bonds is 6. The molecule has 3 rings (SSSR count). The van der Waals surface area contributed by atoms with Crippen LogP contribution in [0.25, 0.3) is 11.0 Å². The molecule has 0 aliphatic rings. The van der Waals surface area contributed by atoms with Gasteiger partial charge >= 0.3 is 0 Å². The lowest BCUT2D eigenvalue weighted by Crippen LogP contribution is -2.30. The molecule has 0 bridgehead atoms. The number of aromatic amines is 1. The second-order valence-electron chi connectivity index (χ2n) is 5.96. The van der Waals surface area contributed by atoms with Crippen molar-refractivity contribution in [2.45, 2.75) is 20.3 Å². The molecule has 0 radical (unpaired) electrons. The number of ether oxygens (including phenoxy) is 1. The number of carbonyl (C=O) groups excluding carboxylic acids is 1. The molecule has 3 aromatic rings. The second kappa shape index (κ2) is 7.57. The molecule has 2 N–H and O–H groups in total. The summed E-state index contributed by atoms with van der Waals surface area (Å²) in [5.74, 6) is 1.18. The summed E-state index contributed by atoms with van der Waals surface area (Å²) in [4.78, 5) is 19.6. The summed E-state index contributed by atoms with van der Waals surface area (Å²) in [6.45, 7) is 4.38. The quantitative estimate of drug-likeness (QED) is 0.708. The van der Waals surface area contributed by atoms with Crippen LogP contribution in [0.1, 0.15) is 17.0 Å². The molecule has 25 heavy (non-hydrogen) atoms. The fraction of sp³-hybridized carbons (Fsp3) is 0.263. The van der Waals surface area contributed by atoms with Crippen molar-refractivity contribution in [1.29, 1.82) is 0 Å². The molecule has 2 aromatic carbocycles. The molecule has 0 saturated heterocycles. The molecule has 0 aliphatic carbocycles. The van der Waals surface area contributed by atoms with Crippen LogP contribution in [0, 0.1) is 13.8 Å². The first-order valence-electron chi connectivity index (χ1n) is 8.13. The number of benzene rings is 2. The normalized spacial score (nSPS) is 10.8. The molecular weight excluding hydrogens is 338 g/mol. The molecule has 5 nitrogen and oxygen atoms in total. The Kier molecular flexibility index (Phi) is 5.24. The van der Waals surface area contributed by atoms with E-state index in [1.165, 1.54) is 0 Å². The van der Waals surface area contributed by atoms with Gasteiger partial charge in [-0.05, 0) is 49.2 Å². The van der Waals surface area contributed by atoms with Crippen LogP contribution in [0.4, 0.5) is 0 Å². The van der Waals surface area contributed by atoms with Crippen molar-refractivity contribution in [3.63, 3.8) is 0 Å². The van der Waals surface area contributed by atoms with Gasteiger partial charge in [0, 0.05) is 13.0 Å². The minimum atomic E-state index is -0.189. The number of amides is 1. The zero-order valence-corrected chi connectivity index (χ0v) is 15.0. The minimum absolute atomic E-state index is 0.0671. The number of aryl methyl sites for hydroxylation is 2. The van der Waals surface area contributed by atoms with Gasteiger partial charge < -0.3 is 15.0 Å². The van der Waals surface area contributed by atoms with Gasteiger partial charge in [-0.2, -0.15) is 0 Å². The van der Waals surface area contributed by atoms with Gasteiger partial charge in [0.1, 0.15) is 11.6 Å². The molecule has 6 heteroatoms. The zero-order valence-electron chi connectivity index (χ0n) is 14.2. The Labute approximate surface area is 151 Å². The van der Waals surface area contributed by atoms with Crippen molar-refractivity contribution in [3.8, 4) is 5.75 Å². The van der Waals surface area contributed by atoms with E-state index in [9.17, 15) is 4.79 Å². The van der Waals surface area contributed by atoms with E-state index in [-0.39, 0.29) is 12.5 Å². The molecule has 1 amide bonds. The maximum atomic E-state index is 11.9. The van der Waals surface area contributed by atoms with Gasteiger partial charge in [-0.3, -0.25) is 4.79 Å². The van der Waals surface area contributed by atoms with Crippen LogP contribution in [0.2, 0.25) is 5.02 Å². The Bertz CT molecular complexity index is 872. The standard InChI is InChI=1S/C19H20ClN3O2/c1-12-9-14(20)17(10-13(12)2)25-11-19(24)21-8-7-18-22-15-5-3-4-6-16(15)23-18/h3-6,9-10H,7-8,11H2,1-2H3,(H,21,24)(H,22,23). The van der Waals surface area contributed by atoms with Gasteiger partial charge in [0.25, 0.3) is 5.91 Å². The van der Waals surface area contributed by atoms with Crippen LogP contribution in [-0.4, -0.2) is 29.0 Å². The number of hydrogen-bond acceptors (Lipinski definition) is 3. The van der Waals surface area contributed by atoms with E-state index in [0.717, 1.165) is 28.0 Å². The van der Waals surface area contributed by atoms with Crippen molar-refractivity contribution in [1.82, 2.24) is 15.3 Å². The van der Waals surface area contributed by atoms with Gasteiger partial charge in [-0.15, -0.1) is 0 Å². The summed E-state index contributed by atoms with van der Waals surface area (Å²) < 4.78 is 5.52. The second-order valence-corrected chi connectivity index (χ2v) is 6.36. The predicted octanol–water partition coefficient (Wildman–Crippen LogP) is 3.57. The Morgan fingerprint density at radius 3 is 2.80 bits per heavy atom.